The van der Waals surface area contributed by atoms with Crippen molar-refractivity contribution in [2.75, 3.05) is 26.2 Å². The molecule has 1 fully saturated rings. The van der Waals surface area contributed by atoms with Crippen LogP contribution in [0.25, 0.3) is 0 Å². The van der Waals surface area contributed by atoms with Crippen molar-refractivity contribution in [1.82, 2.24) is 9.80 Å². The lowest BCUT2D eigenvalue weighted by Crippen LogP contribution is -2.54. The maximum absolute atomic E-state index is 14.3. The van der Waals surface area contributed by atoms with Gasteiger partial charge >= 0.3 is 0 Å². The maximum atomic E-state index is 14.3. The summed E-state index contributed by atoms with van der Waals surface area (Å²) in [5, 5.41) is 5.16. The van der Waals surface area contributed by atoms with Crippen LogP contribution in [0.5, 0.6) is 5.75 Å². The zero-order chi connectivity index (χ0) is 23.5. The van der Waals surface area contributed by atoms with Gasteiger partial charge in [0, 0.05) is 32.2 Å². The van der Waals surface area contributed by atoms with Crippen LogP contribution in [0.15, 0.2) is 60.0 Å². The van der Waals surface area contributed by atoms with Crippen molar-refractivity contribution < 1.29 is 22.3 Å². The van der Waals surface area contributed by atoms with E-state index in [-0.39, 0.29) is 22.7 Å². The van der Waals surface area contributed by atoms with Crippen molar-refractivity contribution in [3.8, 4) is 5.75 Å². The third-order valence-corrected chi connectivity index (χ3v) is 6.52. The second-order valence-electron chi connectivity index (χ2n) is 7.98. The number of primary sulfonamides is 1. The summed E-state index contributed by atoms with van der Waals surface area (Å²) in [6, 6.07) is 10.8. The number of nitrogens with zero attached hydrogens (tertiary/aromatic N) is 2. The monoisotopic (exact) mass is 461 g/mol. The van der Waals surface area contributed by atoms with E-state index < -0.39 is 16.1 Å². The van der Waals surface area contributed by atoms with Crippen molar-refractivity contribution in [3.63, 3.8) is 0 Å². The quantitative estimate of drug-likeness (QED) is 0.640. The first kappa shape index (κ1) is 23.9. The zero-order valence-corrected chi connectivity index (χ0v) is 19.0. The SMILES string of the molecule is C=CC(=O)N1CCN(C[C@@H](Oc2ccc(S(N)(=O)=O)cc2)c2ccc(C)c(F)c2)C[C@H]1C. The van der Waals surface area contributed by atoms with Crippen LogP contribution in [-0.4, -0.2) is 56.3 Å². The van der Waals surface area contributed by atoms with Gasteiger partial charge < -0.3 is 9.64 Å². The van der Waals surface area contributed by atoms with Crippen LogP contribution in [0.2, 0.25) is 0 Å². The Morgan fingerprint density at radius 1 is 1.28 bits per heavy atom. The number of carbonyl (C=O) groups is 1. The van der Waals surface area contributed by atoms with Gasteiger partial charge in [0.05, 0.1) is 4.90 Å². The van der Waals surface area contributed by atoms with Gasteiger partial charge in [0.1, 0.15) is 17.7 Å². The highest BCUT2D eigenvalue weighted by Gasteiger charge is 2.28. The molecule has 0 radical (unpaired) electrons. The lowest BCUT2D eigenvalue weighted by molar-refractivity contribution is -0.130. The molecular formula is C23H28FN3O4S. The van der Waals surface area contributed by atoms with Crippen LogP contribution < -0.4 is 9.88 Å². The summed E-state index contributed by atoms with van der Waals surface area (Å²) < 4.78 is 43.4. The Kier molecular flexibility index (Phi) is 7.33. The van der Waals surface area contributed by atoms with E-state index in [0.29, 0.717) is 43.1 Å². The molecule has 0 unspecified atom stereocenters. The summed E-state index contributed by atoms with van der Waals surface area (Å²) >= 11 is 0. The van der Waals surface area contributed by atoms with Gasteiger partial charge in [-0.25, -0.2) is 17.9 Å². The van der Waals surface area contributed by atoms with Crippen molar-refractivity contribution in [2.24, 2.45) is 5.14 Å². The number of piperazine rings is 1. The van der Waals surface area contributed by atoms with Crippen molar-refractivity contribution in [1.29, 1.82) is 0 Å². The second-order valence-corrected chi connectivity index (χ2v) is 9.54. The van der Waals surface area contributed by atoms with Crippen LogP contribution in [-0.2, 0) is 14.8 Å². The maximum Gasteiger partial charge on any atom is 0.246 e. The summed E-state index contributed by atoms with van der Waals surface area (Å²) in [4.78, 5) is 15.9. The second kappa shape index (κ2) is 9.81. The molecule has 0 aromatic heterocycles. The Morgan fingerprint density at radius 3 is 2.53 bits per heavy atom. The Balaban J connectivity index is 1.81. The number of hydrogen-bond donors (Lipinski definition) is 1. The summed E-state index contributed by atoms with van der Waals surface area (Å²) in [5.41, 5.74) is 1.20. The van der Waals surface area contributed by atoms with Gasteiger partial charge in [0.15, 0.2) is 0 Å². The van der Waals surface area contributed by atoms with Crippen LogP contribution in [0.1, 0.15) is 24.2 Å². The molecule has 2 aromatic rings. The summed E-state index contributed by atoms with van der Waals surface area (Å²) in [6.45, 7) is 9.53. The normalized spacial score (nSPS) is 18.2. The summed E-state index contributed by atoms with van der Waals surface area (Å²) in [6.07, 6.45) is 0.817. The molecule has 1 aliphatic heterocycles. The van der Waals surface area contributed by atoms with Crippen molar-refractivity contribution in [3.05, 3.63) is 72.1 Å². The Morgan fingerprint density at radius 2 is 1.97 bits per heavy atom. The summed E-state index contributed by atoms with van der Waals surface area (Å²) in [7, 11) is -3.81. The Hall–Kier alpha value is -2.75. The van der Waals surface area contributed by atoms with Crippen LogP contribution in [0.3, 0.4) is 0 Å². The molecule has 32 heavy (non-hydrogen) atoms. The van der Waals surface area contributed by atoms with Crippen LogP contribution in [0.4, 0.5) is 4.39 Å². The molecule has 2 aromatic carbocycles. The van der Waals surface area contributed by atoms with E-state index in [1.54, 1.807) is 17.9 Å². The number of sulfonamides is 1. The van der Waals surface area contributed by atoms with E-state index in [9.17, 15) is 17.6 Å². The Bertz CT molecular complexity index is 1090. The number of hydrogen-bond acceptors (Lipinski definition) is 5. The van der Waals surface area contributed by atoms with Gasteiger partial charge in [-0.1, -0.05) is 18.7 Å². The molecule has 9 heteroatoms. The van der Waals surface area contributed by atoms with Crippen LogP contribution >= 0.6 is 0 Å². The van der Waals surface area contributed by atoms with E-state index in [0.717, 1.165) is 0 Å². The first-order valence-corrected chi connectivity index (χ1v) is 11.8. The molecule has 2 atom stereocenters. The van der Waals surface area contributed by atoms with E-state index in [4.69, 9.17) is 9.88 Å². The minimum atomic E-state index is -3.81. The van der Waals surface area contributed by atoms with Gasteiger partial charge in [-0.15, -0.1) is 0 Å². The molecule has 1 aliphatic rings. The number of benzene rings is 2. The number of halogens is 1. The molecule has 7 nitrogen and oxygen atoms in total. The molecule has 0 spiro atoms. The highest BCUT2D eigenvalue weighted by atomic mass is 32.2. The first-order chi connectivity index (χ1) is 15.1. The largest absolute Gasteiger partial charge is 0.484 e. The minimum absolute atomic E-state index is 0.00121. The predicted molar refractivity (Wildman–Crippen MR) is 120 cm³/mol. The van der Waals surface area contributed by atoms with Crippen molar-refractivity contribution >= 4 is 15.9 Å². The fraction of sp³-hybridized carbons (Fsp3) is 0.348. The average Bonchev–Trinajstić information content (AvgIpc) is 2.74. The summed E-state index contributed by atoms with van der Waals surface area (Å²) in [5.74, 6) is 0.0212. The van der Waals surface area contributed by atoms with Gasteiger partial charge in [-0.3, -0.25) is 9.69 Å². The number of aryl methyl sites for hydroxylation is 1. The zero-order valence-electron chi connectivity index (χ0n) is 18.2. The van der Waals surface area contributed by atoms with Crippen molar-refractivity contribution in [2.45, 2.75) is 30.9 Å². The molecule has 0 saturated carbocycles. The van der Waals surface area contributed by atoms with Gasteiger partial charge in [0.25, 0.3) is 0 Å². The predicted octanol–water partition coefficient (Wildman–Crippen LogP) is 2.62. The molecule has 1 amide bonds. The third-order valence-electron chi connectivity index (χ3n) is 5.59. The molecule has 1 saturated heterocycles. The highest BCUT2D eigenvalue weighted by molar-refractivity contribution is 7.89. The topological polar surface area (TPSA) is 92.9 Å². The van der Waals surface area contributed by atoms with Gasteiger partial charge in [0.2, 0.25) is 15.9 Å². The van der Waals surface area contributed by atoms with E-state index in [2.05, 4.69) is 11.5 Å². The molecule has 172 valence electrons. The van der Waals surface area contributed by atoms with E-state index in [1.165, 1.54) is 36.4 Å². The number of ether oxygens (including phenoxy) is 1. The lowest BCUT2D eigenvalue weighted by atomic mass is 10.0. The first-order valence-electron chi connectivity index (χ1n) is 10.3. The fourth-order valence-corrected chi connectivity index (χ4v) is 4.29. The smallest absolute Gasteiger partial charge is 0.246 e. The van der Waals surface area contributed by atoms with E-state index in [1.807, 2.05) is 13.0 Å². The third kappa shape index (κ3) is 5.73. The van der Waals surface area contributed by atoms with Gasteiger partial charge in [-0.2, -0.15) is 0 Å². The fourth-order valence-electron chi connectivity index (χ4n) is 3.77. The average molecular weight is 462 g/mol. The molecule has 0 aliphatic carbocycles. The molecule has 0 bridgehead atoms. The number of amides is 1. The Labute approximate surface area is 188 Å². The molecular weight excluding hydrogens is 433 g/mol. The van der Waals surface area contributed by atoms with Gasteiger partial charge in [-0.05, 0) is 61.4 Å². The molecule has 2 N–H and O–H groups in total. The highest BCUT2D eigenvalue weighted by Crippen LogP contribution is 2.26. The molecule has 3 rings (SSSR count). The molecule has 1 heterocycles. The lowest BCUT2D eigenvalue weighted by Gasteiger charge is -2.40. The number of carbonyl (C=O) groups excluding carboxylic acids is 1. The standard InChI is InChI=1S/C23H28FN3O4S/c1-4-23(28)27-12-11-26(14-17(27)3)15-22(18-6-5-16(2)21(24)13-18)31-19-7-9-20(10-8-19)32(25,29)30/h4-10,13,17,22H,1,11-12,14-15H2,2-3H3,(H2,25,29,30)/t17-,22-/m1/s1. The number of rotatable bonds is 7. The van der Waals surface area contributed by atoms with Crippen LogP contribution in [0, 0.1) is 12.7 Å². The van der Waals surface area contributed by atoms with E-state index >= 15 is 0 Å². The minimum Gasteiger partial charge on any atom is -0.484 e. The number of nitrogens with two attached hydrogens (primary N) is 1.